The second-order valence-electron chi connectivity index (χ2n) is 14.6. The summed E-state index contributed by atoms with van der Waals surface area (Å²) in [5.41, 5.74) is 13.7. The summed E-state index contributed by atoms with van der Waals surface area (Å²) in [4.78, 5) is 20.0. The maximum absolute atomic E-state index is 7.20. The van der Waals surface area contributed by atoms with Gasteiger partial charge in [-0.2, -0.15) is 0 Å². The Morgan fingerprint density at radius 1 is 0.322 bits per heavy atom. The maximum atomic E-state index is 7.20. The van der Waals surface area contributed by atoms with Gasteiger partial charge in [-0.25, -0.2) is 15.0 Å². The molecule has 3 heterocycles. The molecule has 11 aromatic rings. The third-order valence-corrected chi connectivity index (χ3v) is 11.0. The number of para-hydroxylation sites is 1. The van der Waals surface area contributed by atoms with Crippen molar-refractivity contribution in [3.63, 3.8) is 0 Å². The number of aromatic nitrogens is 4. The van der Waals surface area contributed by atoms with Gasteiger partial charge in [-0.1, -0.05) is 176 Å². The molecule has 0 fully saturated rings. The van der Waals surface area contributed by atoms with Crippen LogP contribution < -0.4 is 0 Å². The number of rotatable bonds is 7. The van der Waals surface area contributed by atoms with Gasteiger partial charge in [0.1, 0.15) is 11.2 Å². The molecule has 0 N–H and O–H groups in total. The third-order valence-electron chi connectivity index (χ3n) is 11.0. The van der Waals surface area contributed by atoms with Crippen molar-refractivity contribution in [2.75, 3.05) is 0 Å². The quantitative estimate of drug-likeness (QED) is 0.162. The first-order valence-corrected chi connectivity index (χ1v) is 19.7. The van der Waals surface area contributed by atoms with Crippen LogP contribution >= 0.6 is 0 Å². The highest BCUT2D eigenvalue weighted by atomic mass is 16.3. The predicted octanol–water partition coefficient (Wildman–Crippen LogP) is 14.0. The first-order chi connectivity index (χ1) is 29.2. The Kier molecular flexibility index (Phi) is 8.41. The van der Waals surface area contributed by atoms with Crippen LogP contribution in [-0.2, 0) is 0 Å². The number of fused-ring (bicyclic) bond motifs is 4. The van der Waals surface area contributed by atoms with E-state index in [2.05, 4.69) is 127 Å². The van der Waals surface area contributed by atoms with Crippen molar-refractivity contribution in [2.45, 2.75) is 0 Å². The van der Waals surface area contributed by atoms with Crippen LogP contribution in [0.4, 0.5) is 0 Å². The average Bonchev–Trinajstić information content (AvgIpc) is 3.72. The summed E-state index contributed by atoms with van der Waals surface area (Å²) in [6.07, 6.45) is 1.86. The van der Waals surface area contributed by atoms with Crippen LogP contribution in [0.1, 0.15) is 0 Å². The van der Waals surface area contributed by atoms with Gasteiger partial charge in [-0.3, -0.25) is 4.98 Å². The van der Waals surface area contributed by atoms with E-state index in [1.54, 1.807) is 0 Å². The number of pyridine rings is 1. The molecule has 0 aliphatic carbocycles. The maximum Gasteiger partial charge on any atom is 0.167 e. The first kappa shape index (κ1) is 34.2. The van der Waals surface area contributed by atoms with Crippen LogP contribution in [0, 0.1) is 0 Å². The molecule has 11 rings (SSSR count). The van der Waals surface area contributed by atoms with E-state index >= 15 is 0 Å². The van der Waals surface area contributed by atoms with E-state index in [-0.39, 0.29) is 0 Å². The summed E-state index contributed by atoms with van der Waals surface area (Å²) >= 11 is 0. The van der Waals surface area contributed by atoms with Gasteiger partial charge >= 0.3 is 0 Å². The molecule has 5 nitrogen and oxygen atoms in total. The zero-order chi connectivity index (χ0) is 39.1. The minimum Gasteiger partial charge on any atom is -0.455 e. The lowest BCUT2D eigenvalue weighted by Gasteiger charge is -2.11. The number of hydrogen-bond donors (Lipinski definition) is 0. The molecule has 0 unspecified atom stereocenters. The lowest BCUT2D eigenvalue weighted by atomic mass is 9.92. The van der Waals surface area contributed by atoms with Gasteiger partial charge in [0.05, 0.1) is 11.1 Å². The van der Waals surface area contributed by atoms with Crippen molar-refractivity contribution >= 4 is 32.8 Å². The predicted molar refractivity (Wildman–Crippen MR) is 240 cm³/mol. The smallest absolute Gasteiger partial charge is 0.167 e. The molecule has 0 saturated heterocycles. The number of furan rings is 1. The third kappa shape index (κ3) is 6.22. The lowest BCUT2D eigenvalue weighted by molar-refractivity contribution is 0.670. The molecule has 0 saturated carbocycles. The minimum atomic E-state index is 0.539. The molecule has 0 atom stereocenters. The second-order valence-corrected chi connectivity index (χ2v) is 14.6. The molecular weight excluding hydrogens is 721 g/mol. The van der Waals surface area contributed by atoms with Gasteiger partial charge in [0, 0.05) is 44.6 Å². The van der Waals surface area contributed by atoms with Gasteiger partial charge in [-0.05, 0) is 57.6 Å². The van der Waals surface area contributed by atoms with Gasteiger partial charge in [-0.15, -0.1) is 0 Å². The van der Waals surface area contributed by atoms with Gasteiger partial charge < -0.3 is 4.42 Å². The van der Waals surface area contributed by atoms with Crippen LogP contribution in [0.15, 0.2) is 211 Å². The summed E-state index contributed by atoms with van der Waals surface area (Å²) in [6, 6.07) is 69.2. The van der Waals surface area contributed by atoms with E-state index in [0.717, 1.165) is 88.5 Å². The average molecular weight is 755 g/mol. The number of benzene rings is 8. The Balaban J connectivity index is 1.19. The van der Waals surface area contributed by atoms with Gasteiger partial charge in [0.2, 0.25) is 0 Å². The normalized spacial score (nSPS) is 11.4. The molecule has 3 aromatic heterocycles. The summed E-state index contributed by atoms with van der Waals surface area (Å²) < 4.78 is 7.20. The Morgan fingerprint density at radius 2 is 0.847 bits per heavy atom. The molecule has 0 aliphatic heterocycles. The fourth-order valence-electron chi connectivity index (χ4n) is 8.12. The van der Waals surface area contributed by atoms with Crippen molar-refractivity contribution in [3.05, 3.63) is 206 Å². The Bertz CT molecular complexity index is 3230. The number of nitrogens with zero attached hydrogens (tertiary/aromatic N) is 4. The Labute approximate surface area is 341 Å². The van der Waals surface area contributed by atoms with Gasteiger partial charge in [0.15, 0.2) is 17.5 Å². The van der Waals surface area contributed by atoms with Crippen molar-refractivity contribution in [3.8, 4) is 78.7 Å². The summed E-state index contributed by atoms with van der Waals surface area (Å²) in [5.74, 6) is 1.73. The van der Waals surface area contributed by atoms with Crippen LogP contribution in [-0.4, -0.2) is 19.9 Å². The molecule has 276 valence electrons. The van der Waals surface area contributed by atoms with Crippen molar-refractivity contribution in [1.82, 2.24) is 19.9 Å². The van der Waals surface area contributed by atoms with Crippen LogP contribution in [0.5, 0.6) is 0 Å². The largest absolute Gasteiger partial charge is 0.455 e. The molecule has 5 heteroatoms. The molecular formula is C54H34N4O. The van der Waals surface area contributed by atoms with Crippen molar-refractivity contribution < 1.29 is 4.42 Å². The van der Waals surface area contributed by atoms with Crippen molar-refractivity contribution in [1.29, 1.82) is 0 Å². The highest BCUT2D eigenvalue weighted by Crippen LogP contribution is 2.46. The van der Waals surface area contributed by atoms with Crippen molar-refractivity contribution in [2.24, 2.45) is 0 Å². The monoisotopic (exact) mass is 754 g/mol. The fraction of sp³-hybridized carbons (Fsp3) is 0. The van der Waals surface area contributed by atoms with E-state index < -0.39 is 0 Å². The molecule has 0 spiro atoms. The van der Waals surface area contributed by atoms with Gasteiger partial charge in [0.25, 0.3) is 0 Å². The van der Waals surface area contributed by atoms with Crippen LogP contribution in [0.3, 0.4) is 0 Å². The van der Waals surface area contributed by atoms with Crippen LogP contribution in [0.2, 0.25) is 0 Å². The van der Waals surface area contributed by atoms with Crippen LogP contribution in [0.25, 0.3) is 112 Å². The SMILES string of the molecule is c1ccc(-c2cc(-c3ccccc3)c3oc4c(-c5nc(-c6ccccc6)nc(-c6ccccc6)n5)ccc(-c5ccc(-c6cccc7cccnc67)cc5)c4c3c2)cc1. The summed E-state index contributed by atoms with van der Waals surface area (Å²) in [7, 11) is 0. The lowest BCUT2D eigenvalue weighted by Crippen LogP contribution is -2.00. The molecule has 0 aliphatic rings. The molecule has 0 bridgehead atoms. The van der Waals surface area contributed by atoms with E-state index in [1.165, 1.54) is 0 Å². The zero-order valence-electron chi connectivity index (χ0n) is 31.8. The highest BCUT2D eigenvalue weighted by molar-refractivity contribution is 6.19. The van der Waals surface area contributed by atoms with E-state index in [1.807, 2.05) is 79.0 Å². The summed E-state index contributed by atoms with van der Waals surface area (Å²) in [6.45, 7) is 0. The minimum absolute atomic E-state index is 0.539. The second kappa shape index (κ2) is 14.5. The number of hydrogen-bond acceptors (Lipinski definition) is 5. The Hall–Kier alpha value is -8.02. The first-order valence-electron chi connectivity index (χ1n) is 19.7. The Morgan fingerprint density at radius 3 is 1.49 bits per heavy atom. The fourth-order valence-corrected chi connectivity index (χ4v) is 8.12. The molecule has 0 radical (unpaired) electrons. The topological polar surface area (TPSA) is 64.7 Å². The van der Waals surface area contributed by atoms with E-state index in [0.29, 0.717) is 23.1 Å². The highest BCUT2D eigenvalue weighted by Gasteiger charge is 2.23. The van der Waals surface area contributed by atoms with E-state index in [4.69, 9.17) is 24.4 Å². The standard InChI is InChI=1S/C54H34N4O/c1-5-15-35(16-6-1)42-33-46(36-17-7-2-8-18-36)50-47(34-42)48-43(37-26-28-38(29-27-37)44-25-13-23-39-24-14-32-55-49(39)44)30-31-45(51(48)59-50)54-57-52(40-19-9-3-10-20-40)56-53(58-54)41-21-11-4-12-22-41/h1-34H. The van der Waals surface area contributed by atoms with E-state index in [9.17, 15) is 0 Å². The molecule has 8 aromatic carbocycles. The summed E-state index contributed by atoms with van der Waals surface area (Å²) in [5, 5.41) is 3.12. The zero-order valence-corrected chi connectivity index (χ0v) is 31.8. The molecule has 59 heavy (non-hydrogen) atoms. The molecule has 0 amide bonds.